The highest BCUT2D eigenvalue weighted by molar-refractivity contribution is 5.58. The fourth-order valence-electron chi connectivity index (χ4n) is 1.68. The van der Waals surface area contributed by atoms with Crippen LogP contribution in [-0.4, -0.2) is 18.4 Å². The SMILES string of the molecule is CC(C)(C=O)CNC(C)(C)Cc1ccccc1. The van der Waals surface area contributed by atoms with Crippen molar-refractivity contribution in [3.63, 3.8) is 0 Å². The molecule has 1 aromatic rings. The van der Waals surface area contributed by atoms with Crippen LogP contribution in [-0.2, 0) is 11.2 Å². The summed E-state index contributed by atoms with van der Waals surface area (Å²) in [6.07, 6.45) is 1.97. The molecule has 2 nitrogen and oxygen atoms in total. The first-order valence-electron chi connectivity index (χ1n) is 6.10. The third-order valence-electron chi connectivity index (χ3n) is 2.83. The van der Waals surface area contributed by atoms with Crippen LogP contribution in [0.5, 0.6) is 0 Å². The summed E-state index contributed by atoms with van der Waals surface area (Å²) in [5, 5.41) is 3.47. The van der Waals surface area contributed by atoms with Gasteiger partial charge in [-0.05, 0) is 25.8 Å². The molecule has 94 valence electrons. The highest BCUT2D eigenvalue weighted by Gasteiger charge is 2.23. The van der Waals surface area contributed by atoms with Gasteiger partial charge in [0.05, 0.1) is 0 Å². The normalized spacial score (nSPS) is 12.5. The highest BCUT2D eigenvalue weighted by atomic mass is 16.1. The van der Waals surface area contributed by atoms with Crippen LogP contribution in [0.3, 0.4) is 0 Å². The third-order valence-corrected chi connectivity index (χ3v) is 2.83. The van der Waals surface area contributed by atoms with Gasteiger partial charge in [-0.3, -0.25) is 0 Å². The van der Waals surface area contributed by atoms with Crippen molar-refractivity contribution < 1.29 is 4.79 Å². The van der Waals surface area contributed by atoms with E-state index >= 15 is 0 Å². The topological polar surface area (TPSA) is 29.1 Å². The van der Waals surface area contributed by atoms with Crippen LogP contribution in [0.1, 0.15) is 33.3 Å². The van der Waals surface area contributed by atoms with E-state index in [1.165, 1.54) is 5.56 Å². The lowest BCUT2D eigenvalue weighted by atomic mass is 9.91. The molecule has 0 atom stereocenters. The van der Waals surface area contributed by atoms with Crippen LogP contribution in [0.15, 0.2) is 30.3 Å². The van der Waals surface area contributed by atoms with E-state index in [1.807, 2.05) is 19.9 Å². The second kappa shape index (κ2) is 5.46. The predicted octanol–water partition coefficient (Wildman–Crippen LogP) is 2.82. The quantitative estimate of drug-likeness (QED) is 0.765. The summed E-state index contributed by atoms with van der Waals surface area (Å²) in [6, 6.07) is 10.4. The van der Waals surface area contributed by atoms with Crippen LogP contribution in [0.2, 0.25) is 0 Å². The van der Waals surface area contributed by atoms with Gasteiger partial charge >= 0.3 is 0 Å². The van der Waals surface area contributed by atoms with E-state index in [-0.39, 0.29) is 11.0 Å². The molecule has 0 heterocycles. The minimum Gasteiger partial charge on any atom is -0.310 e. The molecule has 0 unspecified atom stereocenters. The van der Waals surface area contributed by atoms with Crippen LogP contribution >= 0.6 is 0 Å². The molecule has 0 aliphatic heterocycles. The summed E-state index contributed by atoms with van der Waals surface area (Å²) >= 11 is 0. The van der Waals surface area contributed by atoms with Gasteiger partial charge in [-0.25, -0.2) is 0 Å². The Bertz CT molecular complexity index is 354. The van der Waals surface area contributed by atoms with Crippen molar-refractivity contribution in [2.24, 2.45) is 5.41 Å². The van der Waals surface area contributed by atoms with Gasteiger partial charge in [0.1, 0.15) is 6.29 Å². The Morgan fingerprint density at radius 2 is 1.71 bits per heavy atom. The van der Waals surface area contributed by atoms with Crippen LogP contribution in [0.4, 0.5) is 0 Å². The second-order valence-corrected chi connectivity index (χ2v) is 6.01. The summed E-state index contributed by atoms with van der Waals surface area (Å²) in [5.74, 6) is 0. The van der Waals surface area contributed by atoms with E-state index in [9.17, 15) is 4.79 Å². The van der Waals surface area contributed by atoms with Crippen molar-refractivity contribution in [1.82, 2.24) is 5.32 Å². The number of rotatable bonds is 6. The summed E-state index contributed by atoms with van der Waals surface area (Å²) < 4.78 is 0. The predicted molar refractivity (Wildman–Crippen MR) is 72.1 cm³/mol. The Morgan fingerprint density at radius 3 is 2.24 bits per heavy atom. The van der Waals surface area contributed by atoms with E-state index in [0.29, 0.717) is 6.54 Å². The first-order chi connectivity index (χ1) is 7.85. The summed E-state index contributed by atoms with van der Waals surface area (Å²) in [6.45, 7) is 8.94. The molecule has 0 saturated heterocycles. The second-order valence-electron chi connectivity index (χ2n) is 6.01. The molecule has 1 rings (SSSR count). The van der Waals surface area contributed by atoms with Gasteiger partial charge in [-0.1, -0.05) is 44.2 Å². The zero-order chi connectivity index (χ0) is 12.9. The molecular formula is C15H23NO. The molecule has 2 heteroatoms. The minimum atomic E-state index is -0.298. The Balaban J connectivity index is 2.55. The average Bonchev–Trinajstić information content (AvgIpc) is 2.28. The van der Waals surface area contributed by atoms with Gasteiger partial charge in [0.15, 0.2) is 0 Å². The molecule has 0 aromatic heterocycles. The lowest BCUT2D eigenvalue weighted by Gasteiger charge is -2.30. The number of carbonyl (C=O) groups is 1. The van der Waals surface area contributed by atoms with Gasteiger partial charge in [0.2, 0.25) is 0 Å². The van der Waals surface area contributed by atoms with Gasteiger partial charge in [0.25, 0.3) is 0 Å². The first kappa shape index (κ1) is 13.9. The molecule has 1 aromatic carbocycles. The molecule has 0 aliphatic rings. The average molecular weight is 233 g/mol. The number of benzene rings is 1. The van der Waals surface area contributed by atoms with Crippen molar-refractivity contribution in [1.29, 1.82) is 0 Å². The molecule has 0 saturated carbocycles. The van der Waals surface area contributed by atoms with Gasteiger partial charge in [-0.2, -0.15) is 0 Å². The highest BCUT2D eigenvalue weighted by Crippen LogP contribution is 2.15. The molecule has 0 amide bonds. The number of aldehydes is 1. The van der Waals surface area contributed by atoms with Crippen molar-refractivity contribution >= 4 is 6.29 Å². The third kappa shape index (κ3) is 5.14. The smallest absolute Gasteiger partial charge is 0.126 e. The van der Waals surface area contributed by atoms with E-state index in [2.05, 4.69) is 43.4 Å². The molecular weight excluding hydrogens is 210 g/mol. The van der Waals surface area contributed by atoms with Crippen molar-refractivity contribution in [3.8, 4) is 0 Å². The van der Waals surface area contributed by atoms with E-state index in [4.69, 9.17) is 0 Å². The molecule has 0 spiro atoms. The lowest BCUT2D eigenvalue weighted by molar-refractivity contribution is -0.114. The number of hydrogen-bond acceptors (Lipinski definition) is 2. The van der Waals surface area contributed by atoms with Gasteiger partial charge in [-0.15, -0.1) is 0 Å². The van der Waals surface area contributed by atoms with E-state index in [0.717, 1.165) is 12.7 Å². The Morgan fingerprint density at radius 1 is 1.12 bits per heavy atom. The summed E-state index contributed by atoms with van der Waals surface area (Å²) in [5.41, 5.74) is 1.02. The lowest BCUT2D eigenvalue weighted by Crippen LogP contribution is -2.46. The fourth-order valence-corrected chi connectivity index (χ4v) is 1.68. The van der Waals surface area contributed by atoms with Crippen molar-refractivity contribution in [2.45, 2.75) is 39.7 Å². The molecule has 1 N–H and O–H groups in total. The zero-order valence-electron chi connectivity index (χ0n) is 11.3. The molecule has 17 heavy (non-hydrogen) atoms. The Kier molecular flexibility index (Phi) is 4.47. The zero-order valence-corrected chi connectivity index (χ0v) is 11.3. The number of hydrogen-bond donors (Lipinski definition) is 1. The maximum Gasteiger partial charge on any atom is 0.126 e. The Hall–Kier alpha value is -1.15. The van der Waals surface area contributed by atoms with Crippen LogP contribution in [0.25, 0.3) is 0 Å². The van der Waals surface area contributed by atoms with E-state index in [1.54, 1.807) is 0 Å². The molecule has 0 radical (unpaired) electrons. The Labute approximate surface area is 104 Å². The minimum absolute atomic E-state index is 0.00162. The monoisotopic (exact) mass is 233 g/mol. The number of nitrogens with one attached hydrogen (secondary N) is 1. The fraction of sp³-hybridized carbons (Fsp3) is 0.533. The largest absolute Gasteiger partial charge is 0.310 e. The summed E-state index contributed by atoms with van der Waals surface area (Å²) in [7, 11) is 0. The van der Waals surface area contributed by atoms with Crippen LogP contribution in [0, 0.1) is 5.41 Å². The van der Waals surface area contributed by atoms with Crippen LogP contribution < -0.4 is 5.32 Å². The molecule has 0 fully saturated rings. The molecule has 0 bridgehead atoms. The van der Waals surface area contributed by atoms with Crippen molar-refractivity contribution in [2.75, 3.05) is 6.54 Å². The standard InChI is InChI=1S/C15H23NO/c1-14(2,12-17)11-16-15(3,4)10-13-8-6-5-7-9-13/h5-9,12,16H,10-11H2,1-4H3. The first-order valence-corrected chi connectivity index (χ1v) is 6.10. The summed E-state index contributed by atoms with van der Waals surface area (Å²) in [4.78, 5) is 10.9. The number of carbonyl (C=O) groups excluding carboxylic acids is 1. The van der Waals surface area contributed by atoms with Gasteiger partial charge < -0.3 is 10.1 Å². The van der Waals surface area contributed by atoms with E-state index < -0.39 is 0 Å². The maximum absolute atomic E-state index is 10.9. The molecule has 0 aliphatic carbocycles. The maximum atomic E-state index is 10.9. The van der Waals surface area contributed by atoms with Gasteiger partial charge in [0, 0.05) is 17.5 Å². The van der Waals surface area contributed by atoms with Crippen molar-refractivity contribution in [3.05, 3.63) is 35.9 Å².